The summed E-state index contributed by atoms with van der Waals surface area (Å²) < 4.78 is 0. The topological polar surface area (TPSA) is 70.2 Å². The Morgan fingerprint density at radius 3 is 2.71 bits per heavy atom. The predicted molar refractivity (Wildman–Crippen MR) is 90.7 cm³/mol. The Kier molecular flexibility index (Phi) is 8.78. The molecule has 2 aliphatic heterocycles. The van der Waals surface area contributed by atoms with Gasteiger partial charge in [-0.1, -0.05) is 21.3 Å². The van der Waals surface area contributed by atoms with Crippen LogP contribution in [0.4, 0.5) is 4.79 Å². The summed E-state index contributed by atoms with van der Waals surface area (Å²) in [4.78, 5) is 22.7. The minimum absolute atomic E-state index is 0. The molecule has 0 bridgehead atoms. The molecule has 2 saturated heterocycles. The molecule has 2 rings (SSSR count). The fraction of sp³-hybridized carbons (Fsp3) is 0.867. The average molecular weight is 317 g/mol. The third-order valence-electron chi connectivity index (χ3n) is 3.53. The van der Waals surface area contributed by atoms with E-state index in [4.69, 9.17) is 0 Å². The predicted octanol–water partition coefficient (Wildman–Crippen LogP) is 2.51. The van der Waals surface area contributed by atoms with Crippen LogP contribution in [0, 0.1) is 0 Å². The first-order chi connectivity index (χ1) is 9.06. The molecule has 124 valence electrons. The third-order valence-corrected chi connectivity index (χ3v) is 5.04. The average Bonchev–Trinajstić information content (AvgIpc) is 2.83. The lowest BCUT2D eigenvalue weighted by atomic mass is 10.0. The maximum Gasteiger partial charge on any atom is 0.315 e. The molecular weight excluding hydrogens is 286 g/mol. The monoisotopic (exact) mass is 317 g/mol. The van der Waals surface area contributed by atoms with Crippen molar-refractivity contribution in [3.8, 4) is 0 Å². The molecule has 0 spiro atoms. The summed E-state index contributed by atoms with van der Waals surface area (Å²) in [6.45, 7) is 3.95. The first-order valence-corrected chi connectivity index (χ1v) is 8.09. The highest BCUT2D eigenvalue weighted by Gasteiger charge is 2.42. The van der Waals surface area contributed by atoms with Gasteiger partial charge < -0.3 is 16.0 Å². The second-order valence-corrected chi connectivity index (χ2v) is 6.86. The van der Waals surface area contributed by atoms with E-state index >= 15 is 0 Å². The molecule has 0 radical (unpaired) electrons. The van der Waals surface area contributed by atoms with Gasteiger partial charge in [0.2, 0.25) is 5.91 Å². The van der Waals surface area contributed by atoms with Gasteiger partial charge in [-0.2, -0.15) is 11.8 Å². The van der Waals surface area contributed by atoms with Crippen LogP contribution in [-0.4, -0.2) is 41.1 Å². The van der Waals surface area contributed by atoms with E-state index in [2.05, 4.69) is 16.0 Å². The van der Waals surface area contributed by atoms with Gasteiger partial charge in [0, 0.05) is 23.5 Å². The van der Waals surface area contributed by atoms with E-state index in [0.717, 1.165) is 25.0 Å². The Bertz CT molecular complexity index is 350. The lowest BCUT2D eigenvalue weighted by molar-refractivity contribution is -0.121. The Balaban J connectivity index is 0.00000200. The first kappa shape index (κ1) is 20.1. The normalized spacial score (nSPS) is 26.2. The highest BCUT2D eigenvalue weighted by molar-refractivity contribution is 8.00. The van der Waals surface area contributed by atoms with Gasteiger partial charge in [-0.3, -0.25) is 4.79 Å². The second kappa shape index (κ2) is 9.18. The summed E-state index contributed by atoms with van der Waals surface area (Å²) in [5, 5.41) is 9.33. The molecule has 0 aromatic rings. The van der Waals surface area contributed by atoms with Crippen LogP contribution in [0.5, 0.6) is 0 Å². The maximum absolute atomic E-state index is 11.5. The number of carbonyl (C=O) groups is 2. The number of unbranched alkanes of at least 4 members (excludes halogenated alkanes) is 1. The number of amides is 3. The highest BCUT2D eigenvalue weighted by atomic mass is 32.2. The van der Waals surface area contributed by atoms with Crippen molar-refractivity contribution in [1.29, 1.82) is 0 Å². The molecule has 2 fully saturated rings. The molecule has 3 atom stereocenters. The zero-order chi connectivity index (χ0) is 13.8. The van der Waals surface area contributed by atoms with E-state index in [1.807, 2.05) is 25.6 Å². The molecule has 0 saturated carbocycles. The molecule has 0 aromatic heterocycles. The summed E-state index contributed by atoms with van der Waals surface area (Å²) in [6.07, 6.45) is 3.65. The van der Waals surface area contributed by atoms with E-state index in [1.54, 1.807) is 0 Å². The van der Waals surface area contributed by atoms with Gasteiger partial charge in [0.15, 0.2) is 0 Å². The number of urea groups is 1. The number of hydrogen-bond acceptors (Lipinski definition) is 3. The molecular formula is C15H31N3O2S. The van der Waals surface area contributed by atoms with Crippen molar-refractivity contribution in [1.82, 2.24) is 16.0 Å². The van der Waals surface area contributed by atoms with Gasteiger partial charge >= 0.3 is 6.03 Å². The number of fused-ring (bicyclic) bond motifs is 1. The smallest absolute Gasteiger partial charge is 0.315 e. The number of rotatable bonds is 6. The van der Waals surface area contributed by atoms with E-state index in [0.29, 0.717) is 17.7 Å². The van der Waals surface area contributed by atoms with Gasteiger partial charge in [-0.05, 0) is 26.7 Å². The number of hydrogen-bond donors (Lipinski definition) is 3. The van der Waals surface area contributed by atoms with Crippen LogP contribution in [0.2, 0.25) is 0 Å². The second-order valence-electron chi connectivity index (χ2n) is 5.59. The molecule has 2 heterocycles. The first-order valence-electron chi connectivity index (χ1n) is 7.04. The number of carbonyl (C=O) groups excluding carboxylic acids is 2. The lowest BCUT2D eigenvalue weighted by Gasteiger charge is -2.16. The quantitative estimate of drug-likeness (QED) is 0.521. The zero-order valence-electron chi connectivity index (χ0n) is 11.6. The number of thioether (sulfide) groups is 1. The van der Waals surface area contributed by atoms with Gasteiger partial charge in [0.1, 0.15) is 0 Å². The lowest BCUT2D eigenvalue weighted by Crippen LogP contribution is -2.36. The fourth-order valence-corrected chi connectivity index (χ4v) is 4.21. The third kappa shape index (κ3) is 5.77. The molecule has 3 amide bonds. The molecule has 0 aromatic carbocycles. The maximum atomic E-state index is 11.5. The van der Waals surface area contributed by atoms with Crippen molar-refractivity contribution in [3.63, 3.8) is 0 Å². The van der Waals surface area contributed by atoms with Gasteiger partial charge in [0.05, 0.1) is 12.1 Å². The number of nitrogens with one attached hydrogen (secondary N) is 3. The molecule has 0 aliphatic carbocycles. The van der Waals surface area contributed by atoms with Gasteiger partial charge in [-0.15, -0.1) is 0 Å². The van der Waals surface area contributed by atoms with Crippen LogP contribution in [0.3, 0.4) is 0 Å². The molecule has 0 unspecified atom stereocenters. The SMILES string of the molecule is C.C.CC(C)NC(=O)CCCC[C@@H]1SC[C@@H]2NC(=O)N[C@@H]21. The molecule has 21 heavy (non-hydrogen) atoms. The summed E-state index contributed by atoms with van der Waals surface area (Å²) in [6, 6.07) is 0.767. The van der Waals surface area contributed by atoms with Crippen LogP contribution in [0.15, 0.2) is 0 Å². The van der Waals surface area contributed by atoms with Crippen molar-refractivity contribution < 1.29 is 9.59 Å². The highest BCUT2D eigenvalue weighted by Crippen LogP contribution is 2.33. The van der Waals surface area contributed by atoms with Crippen molar-refractivity contribution >= 4 is 23.7 Å². The largest absolute Gasteiger partial charge is 0.354 e. The van der Waals surface area contributed by atoms with E-state index in [-0.39, 0.29) is 38.9 Å². The summed E-state index contributed by atoms with van der Waals surface area (Å²) in [7, 11) is 0. The Labute approximate surface area is 133 Å². The van der Waals surface area contributed by atoms with Crippen LogP contribution < -0.4 is 16.0 Å². The molecule has 3 N–H and O–H groups in total. The molecule has 5 nitrogen and oxygen atoms in total. The van der Waals surface area contributed by atoms with E-state index in [1.165, 1.54) is 0 Å². The summed E-state index contributed by atoms with van der Waals surface area (Å²) >= 11 is 1.93. The van der Waals surface area contributed by atoms with Crippen LogP contribution in [-0.2, 0) is 4.79 Å². The Morgan fingerprint density at radius 1 is 1.33 bits per heavy atom. The minimum atomic E-state index is -0.0309. The Morgan fingerprint density at radius 2 is 2.05 bits per heavy atom. The van der Waals surface area contributed by atoms with Gasteiger partial charge in [-0.25, -0.2) is 4.79 Å². The van der Waals surface area contributed by atoms with Crippen molar-refractivity contribution in [2.45, 2.75) is 77.8 Å². The zero-order valence-corrected chi connectivity index (χ0v) is 12.4. The minimum Gasteiger partial charge on any atom is -0.354 e. The van der Waals surface area contributed by atoms with E-state index in [9.17, 15) is 9.59 Å². The van der Waals surface area contributed by atoms with Crippen molar-refractivity contribution in [2.75, 3.05) is 5.75 Å². The molecule has 6 heteroatoms. The van der Waals surface area contributed by atoms with Crippen molar-refractivity contribution in [3.05, 3.63) is 0 Å². The van der Waals surface area contributed by atoms with E-state index < -0.39 is 0 Å². The standard InChI is InChI=1S/C13H23N3O2S.2CH4/c1-8(2)14-11(17)6-4-3-5-10-12-9(7-19-10)15-13(18)16-12;;/h8-10,12H,3-7H2,1-2H3,(H,14,17)(H2,15,16,18);2*1H4/t9-,10-,12-;;/m0../s1. The van der Waals surface area contributed by atoms with Crippen LogP contribution >= 0.6 is 11.8 Å². The van der Waals surface area contributed by atoms with Crippen LogP contribution in [0.25, 0.3) is 0 Å². The van der Waals surface area contributed by atoms with Gasteiger partial charge in [0.25, 0.3) is 0 Å². The molecule has 2 aliphatic rings. The Hall–Kier alpha value is -0.910. The van der Waals surface area contributed by atoms with Crippen LogP contribution in [0.1, 0.15) is 54.4 Å². The summed E-state index contributed by atoms with van der Waals surface area (Å²) in [5.74, 6) is 1.14. The fourth-order valence-electron chi connectivity index (χ4n) is 2.67. The summed E-state index contributed by atoms with van der Waals surface area (Å²) in [5.41, 5.74) is 0. The van der Waals surface area contributed by atoms with Crippen molar-refractivity contribution in [2.24, 2.45) is 0 Å².